The Balaban J connectivity index is 3.06. The van der Waals surface area contributed by atoms with E-state index in [9.17, 15) is 4.79 Å². The first kappa shape index (κ1) is 14.3. The van der Waals surface area contributed by atoms with Gasteiger partial charge in [0.05, 0.1) is 30.7 Å². The number of likely N-dealkylation sites (N-methyl/N-ethyl adjacent to an activating group) is 1. The van der Waals surface area contributed by atoms with Gasteiger partial charge in [0.1, 0.15) is 0 Å². The van der Waals surface area contributed by atoms with Crippen LogP contribution < -0.4 is 10.6 Å². The van der Waals surface area contributed by atoms with Crippen LogP contribution in [0.1, 0.15) is 17.3 Å². The largest absolute Gasteiger partial charge is 0.465 e. The summed E-state index contributed by atoms with van der Waals surface area (Å²) >= 11 is 0. The molecule has 1 aromatic rings. The fraction of sp³-hybridized carbons (Fsp3) is 0.462. The zero-order valence-corrected chi connectivity index (χ0v) is 11.3. The van der Waals surface area contributed by atoms with Crippen molar-refractivity contribution in [3.8, 4) is 0 Å². The van der Waals surface area contributed by atoms with Crippen molar-refractivity contribution in [2.45, 2.75) is 13.0 Å². The number of anilines is 2. The Bertz CT molecular complexity index is 421. The Labute approximate surface area is 107 Å². The first-order valence-electron chi connectivity index (χ1n) is 5.71. The maximum absolute atomic E-state index is 11.6. The van der Waals surface area contributed by atoms with Crippen LogP contribution in [0.3, 0.4) is 0 Å². The highest BCUT2D eigenvalue weighted by Gasteiger charge is 2.17. The number of hydrogen-bond acceptors (Lipinski definition) is 5. The highest BCUT2D eigenvalue weighted by molar-refractivity contribution is 5.98. The minimum Gasteiger partial charge on any atom is -0.465 e. The highest BCUT2D eigenvalue weighted by Crippen LogP contribution is 2.27. The number of nitrogens with two attached hydrogens (primary N) is 1. The van der Waals surface area contributed by atoms with Crippen LogP contribution in [0.15, 0.2) is 18.2 Å². The van der Waals surface area contributed by atoms with E-state index >= 15 is 0 Å². The molecule has 0 aliphatic carbocycles. The van der Waals surface area contributed by atoms with Crippen LogP contribution in [0.5, 0.6) is 0 Å². The van der Waals surface area contributed by atoms with Gasteiger partial charge in [0.15, 0.2) is 0 Å². The summed E-state index contributed by atoms with van der Waals surface area (Å²) in [4.78, 5) is 13.5. The molecule has 5 nitrogen and oxygen atoms in total. The third kappa shape index (κ3) is 2.92. The van der Waals surface area contributed by atoms with E-state index < -0.39 is 5.97 Å². The smallest absolute Gasteiger partial charge is 0.340 e. The fourth-order valence-electron chi connectivity index (χ4n) is 1.74. The van der Waals surface area contributed by atoms with Crippen LogP contribution in [-0.4, -0.2) is 39.9 Å². The Morgan fingerprint density at radius 1 is 1.44 bits per heavy atom. The lowest BCUT2D eigenvalue weighted by Crippen LogP contribution is -2.33. The molecule has 1 unspecified atom stereocenters. The van der Waals surface area contributed by atoms with Gasteiger partial charge in [-0.3, -0.25) is 0 Å². The van der Waals surface area contributed by atoms with E-state index in [4.69, 9.17) is 15.2 Å². The molecule has 0 saturated carbocycles. The summed E-state index contributed by atoms with van der Waals surface area (Å²) in [6.07, 6.45) is 0. The summed E-state index contributed by atoms with van der Waals surface area (Å²) < 4.78 is 9.81. The van der Waals surface area contributed by atoms with Crippen molar-refractivity contribution in [1.82, 2.24) is 0 Å². The molecule has 0 fully saturated rings. The number of benzene rings is 1. The van der Waals surface area contributed by atoms with E-state index in [-0.39, 0.29) is 6.04 Å². The van der Waals surface area contributed by atoms with Gasteiger partial charge in [0.25, 0.3) is 0 Å². The topological polar surface area (TPSA) is 64.8 Å². The Morgan fingerprint density at radius 2 is 2.11 bits per heavy atom. The number of carbonyl (C=O) groups excluding carboxylic acids is 1. The summed E-state index contributed by atoms with van der Waals surface area (Å²) in [5, 5.41) is 0. The van der Waals surface area contributed by atoms with Crippen LogP contribution in [0.4, 0.5) is 11.4 Å². The summed E-state index contributed by atoms with van der Waals surface area (Å²) in [6, 6.07) is 5.46. The second-order valence-corrected chi connectivity index (χ2v) is 4.15. The molecule has 0 spiro atoms. The van der Waals surface area contributed by atoms with Crippen molar-refractivity contribution in [2.24, 2.45) is 0 Å². The molecule has 0 aliphatic rings. The molecule has 1 aromatic carbocycles. The van der Waals surface area contributed by atoms with E-state index in [2.05, 4.69) is 0 Å². The highest BCUT2D eigenvalue weighted by atomic mass is 16.5. The summed E-state index contributed by atoms with van der Waals surface area (Å²) in [5.74, 6) is -0.429. The van der Waals surface area contributed by atoms with Gasteiger partial charge in [-0.1, -0.05) is 6.07 Å². The van der Waals surface area contributed by atoms with Crippen LogP contribution in [-0.2, 0) is 9.47 Å². The molecule has 0 amide bonds. The molecule has 5 heteroatoms. The predicted molar refractivity (Wildman–Crippen MR) is 71.9 cm³/mol. The molecular weight excluding hydrogens is 232 g/mol. The normalized spacial score (nSPS) is 12.0. The van der Waals surface area contributed by atoms with Gasteiger partial charge in [-0.15, -0.1) is 0 Å². The maximum atomic E-state index is 11.6. The molecule has 2 N–H and O–H groups in total. The maximum Gasteiger partial charge on any atom is 0.340 e. The molecule has 0 aliphatic heterocycles. The minimum atomic E-state index is -0.429. The second kappa shape index (κ2) is 6.26. The zero-order chi connectivity index (χ0) is 13.7. The Kier molecular flexibility index (Phi) is 4.97. The van der Waals surface area contributed by atoms with Gasteiger partial charge in [-0.25, -0.2) is 4.79 Å². The van der Waals surface area contributed by atoms with Gasteiger partial charge in [-0.05, 0) is 19.1 Å². The number of methoxy groups -OCH3 is 2. The number of nitrogen functional groups attached to an aromatic ring is 1. The third-order valence-electron chi connectivity index (χ3n) is 2.94. The van der Waals surface area contributed by atoms with Crippen LogP contribution in [0.25, 0.3) is 0 Å². The molecule has 0 bridgehead atoms. The average molecular weight is 252 g/mol. The third-order valence-corrected chi connectivity index (χ3v) is 2.94. The molecule has 1 rings (SSSR count). The summed E-state index contributed by atoms with van der Waals surface area (Å²) in [7, 11) is 4.90. The molecule has 0 heterocycles. The summed E-state index contributed by atoms with van der Waals surface area (Å²) in [6.45, 7) is 2.60. The Morgan fingerprint density at radius 3 is 2.67 bits per heavy atom. The second-order valence-electron chi connectivity index (χ2n) is 4.15. The monoisotopic (exact) mass is 252 g/mol. The van der Waals surface area contributed by atoms with Gasteiger partial charge in [0.2, 0.25) is 0 Å². The standard InChI is InChI=1S/C13H20N2O3/c1-9(8-17-3)15(2)11-7-5-6-10(12(11)14)13(16)18-4/h5-7,9H,8,14H2,1-4H3. The number of nitrogens with zero attached hydrogens (tertiary/aromatic N) is 1. The van der Waals surface area contributed by atoms with Crippen molar-refractivity contribution in [3.63, 3.8) is 0 Å². The number of ether oxygens (including phenoxy) is 2. The lowest BCUT2D eigenvalue weighted by molar-refractivity contribution is 0.0602. The van der Waals surface area contributed by atoms with Gasteiger partial charge < -0.3 is 20.1 Å². The predicted octanol–water partition coefficient (Wildman–Crippen LogP) is 1.53. The molecule has 0 radical (unpaired) electrons. The molecule has 1 atom stereocenters. The molecule has 0 aromatic heterocycles. The van der Waals surface area contributed by atoms with E-state index in [1.54, 1.807) is 19.2 Å². The fourth-order valence-corrected chi connectivity index (χ4v) is 1.74. The Hall–Kier alpha value is -1.75. The van der Waals surface area contributed by atoms with Crippen LogP contribution in [0.2, 0.25) is 0 Å². The number of rotatable bonds is 5. The van der Waals surface area contributed by atoms with E-state index in [0.29, 0.717) is 17.9 Å². The van der Waals surface area contributed by atoms with Gasteiger partial charge in [0, 0.05) is 20.2 Å². The molecule has 0 saturated heterocycles. The lowest BCUT2D eigenvalue weighted by atomic mass is 10.1. The first-order valence-corrected chi connectivity index (χ1v) is 5.71. The van der Waals surface area contributed by atoms with Crippen molar-refractivity contribution in [1.29, 1.82) is 0 Å². The van der Waals surface area contributed by atoms with Crippen LogP contribution >= 0.6 is 0 Å². The number of para-hydroxylation sites is 1. The van der Waals surface area contributed by atoms with Crippen LogP contribution in [0, 0.1) is 0 Å². The number of carbonyl (C=O) groups is 1. The van der Waals surface area contributed by atoms with Gasteiger partial charge >= 0.3 is 5.97 Å². The average Bonchev–Trinajstić information content (AvgIpc) is 2.37. The van der Waals surface area contributed by atoms with Crippen molar-refractivity contribution < 1.29 is 14.3 Å². The minimum absolute atomic E-state index is 0.158. The molecule has 100 valence electrons. The van der Waals surface area contributed by atoms with E-state index in [0.717, 1.165) is 5.69 Å². The van der Waals surface area contributed by atoms with Crippen molar-refractivity contribution in [3.05, 3.63) is 23.8 Å². The summed E-state index contributed by atoms with van der Waals surface area (Å²) in [5.41, 5.74) is 7.61. The quantitative estimate of drug-likeness (QED) is 0.636. The SMILES string of the molecule is COCC(C)N(C)c1cccc(C(=O)OC)c1N. The van der Waals surface area contributed by atoms with Gasteiger partial charge in [-0.2, -0.15) is 0 Å². The molecular formula is C13H20N2O3. The number of hydrogen-bond donors (Lipinski definition) is 1. The van der Waals surface area contributed by atoms with E-state index in [1.165, 1.54) is 7.11 Å². The van der Waals surface area contributed by atoms with Crippen molar-refractivity contribution in [2.75, 3.05) is 38.5 Å². The number of esters is 1. The zero-order valence-electron chi connectivity index (χ0n) is 11.3. The van der Waals surface area contributed by atoms with Crippen molar-refractivity contribution >= 4 is 17.3 Å². The molecule has 18 heavy (non-hydrogen) atoms. The van der Waals surface area contributed by atoms with E-state index in [1.807, 2.05) is 24.9 Å². The first-order chi connectivity index (χ1) is 8.52. The lowest BCUT2D eigenvalue weighted by Gasteiger charge is -2.28.